The third-order valence-electron chi connectivity index (χ3n) is 3.49. The molecule has 0 aliphatic rings. The second-order valence-electron chi connectivity index (χ2n) is 4.83. The topological polar surface area (TPSA) is 90.4 Å². The third kappa shape index (κ3) is 2.29. The van der Waals surface area contributed by atoms with Crippen molar-refractivity contribution in [1.29, 1.82) is 10.7 Å². The highest BCUT2D eigenvalue weighted by Crippen LogP contribution is 2.24. The SMILES string of the molecule is Cn1c(CN/C=C\C=N)nc2cnc3ccc(C#N)cc3c21. The molecule has 6 heteroatoms. The van der Waals surface area contributed by atoms with Crippen LogP contribution in [0.15, 0.2) is 36.7 Å². The van der Waals surface area contributed by atoms with E-state index in [4.69, 9.17) is 10.7 Å². The summed E-state index contributed by atoms with van der Waals surface area (Å²) < 4.78 is 2.01. The van der Waals surface area contributed by atoms with Gasteiger partial charge in [0.2, 0.25) is 0 Å². The lowest BCUT2D eigenvalue weighted by Gasteiger charge is -2.04. The van der Waals surface area contributed by atoms with Gasteiger partial charge in [0.25, 0.3) is 0 Å². The Morgan fingerprint density at radius 3 is 3.05 bits per heavy atom. The molecule has 0 aliphatic carbocycles. The number of nitrogens with one attached hydrogen (secondary N) is 2. The first-order valence-electron chi connectivity index (χ1n) is 6.77. The first-order chi connectivity index (χ1) is 10.7. The van der Waals surface area contributed by atoms with Crippen LogP contribution >= 0.6 is 0 Å². The quantitative estimate of drug-likeness (QED) is 0.721. The second kappa shape index (κ2) is 5.66. The molecule has 0 saturated carbocycles. The van der Waals surface area contributed by atoms with Gasteiger partial charge in [-0.2, -0.15) is 5.26 Å². The van der Waals surface area contributed by atoms with Crippen LogP contribution in [0.25, 0.3) is 21.9 Å². The highest BCUT2D eigenvalue weighted by Gasteiger charge is 2.11. The summed E-state index contributed by atoms with van der Waals surface area (Å²) >= 11 is 0. The van der Waals surface area contributed by atoms with E-state index < -0.39 is 0 Å². The number of imidazole rings is 1. The normalized spacial score (nSPS) is 11.1. The van der Waals surface area contributed by atoms with Crippen molar-refractivity contribution in [2.24, 2.45) is 7.05 Å². The fraction of sp³-hybridized carbons (Fsp3) is 0.125. The minimum Gasteiger partial charge on any atom is -0.384 e. The van der Waals surface area contributed by atoms with Crippen molar-refractivity contribution in [2.45, 2.75) is 6.54 Å². The van der Waals surface area contributed by atoms with E-state index in [9.17, 15) is 0 Å². The van der Waals surface area contributed by atoms with Gasteiger partial charge in [-0.15, -0.1) is 0 Å². The lowest BCUT2D eigenvalue weighted by atomic mass is 10.1. The Balaban J connectivity index is 2.13. The molecule has 6 nitrogen and oxygen atoms in total. The van der Waals surface area contributed by atoms with Gasteiger partial charge in [0.15, 0.2) is 0 Å². The number of nitrogens with zero attached hydrogens (tertiary/aromatic N) is 4. The average molecular weight is 290 g/mol. The smallest absolute Gasteiger partial charge is 0.129 e. The molecule has 2 heterocycles. The molecular weight excluding hydrogens is 276 g/mol. The van der Waals surface area contributed by atoms with E-state index in [0.717, 1.165) is 27.8 Å². The van der Waals surface area contributed by atoms with Crippen molar-refractivity contribution in [3.63, 3.8) is 0 Å². The number of fused-ring (bicyclic) bond motifs is 3. The minimum atomic E-state index is 0.551. The highest BCUT2D eigenvalue weighted by molar-refractivity contribution is 6.02. The first-order valence-corrected chi connectivity index (χ1v) is 6.77. The van der Waals surface area contributed by atoms with Crippen molar-refractivity contribution >= 4 is 28.2 Å². The van der Waals surface area contributed by atoms with Crippen molar-refractivity contribution in [2.75, 3.05) is 0 Å². The molecular formula is C16H14N6. The van der Waals surface area contributed by atoms with E-state index in [1.54, 1.807) is 24.5 Å². The largest absolute Gasteiger partial charge is 0.384 e. The lowest BCUT2D eigenvalue weighted by molar-refractivity contribution is 0.746. The predicted octanol–water partition coefficient (Wildman–Crippen LogP) is 2.25. The summed E-state index contributed by atoms with van der Waals surface area (Å²) in [4.78, 5) is 8.98. The third-order valence-corrected chi connectivity index (χ3v) is 3.49. The van der Waals surface area contributed by atoms with Gasteiger partial charge in [-0.3, -0.25) is 4.98 Å². The molecule has 3 aromatic rings. The summed E-state index contributed by atoms with van der Waals surface area (Å²) in [6.07, 6.45) is 6.28. The average Bonchev–Trinajstić information content (AvgIpc) is 2.87. The number of benzene rings is 1. The molecule has 3 rings (SSSR count). The number of rotatable bonds is 4. The van der Waals surface area contributed by atoms with E-state index >= 15 is 0 Å². The van der Waals surface area contributed by atoms with Crippen molar-refractivity contribution in [3.05, 3.63) is 48.1 Å². The Morgan fingerprint density at radius 2 is 2.27 bits per heavy atom. The van der Waals surface area contributed by atoms with Gasteiger partial charge < -0.3 is 15.3 Å². The van der Waals surface area contributed by atoms with E-state index in [2.05, 4.69) is 21.4 Å². The van der Waals surface area contributed by atoms with E-state index in [0.29, 0.717) is 12.1 Å². The summed E-state index contributed by atoms with van der Waals surface area (Å²) in [5.74, 6) is 0.862. The van der Waals surface area contributed by atoms with Gasteiger partial charge in [-0.25, -0.2) is 4.98 Å². The van der Waals surface area contributed by atoms with Crippen LogP contribution in [0.3, 0.4) is 0 Å². The maximum Gasteiger partial charge on any atom is 0.129 e. The molecule has 0 radical (unpaired) electrons. The van der Waals surface area contributed by atoms with Crippen LogP contribution in [0.5, 0.6) is 0 Å². The Kier molecular flexibility index (Phi) is 3.54. The number of allylic oxidation sites excluding steroid dienone is 1. The zero-order valence-electron chi connectivity index (χ0n) is 12.0. The fourth-order valence-corrected chi connectivity index (χ4v) is 2.44. The molecule has 2 N–H and O–H groups in total. The number of hydrogen-bond donors (Lipinski definition) is 2. The molecule has 1 aromatic carbocycles. The molecule has 108 valence electrons. The van der Waals surface area contributed by atoms with Crippen LogP contribution in [0.1, 0.15) is 11.4 Å². The first kappa shape index (κ1) is 13.8. The van der Waals surface area contributed by atoms with Crippen LogP contribution in [0.4, 0.5) is 0 Å². The molecule has 0 unspecified atom stereocenters. The summed E-state index contributed by atoms with van der Waals surface area (Å²) in [5.41, 5.74) is 3.22. The standard InChI is InChI=1S/C16H14N6/c1-22-15(10-19-6-2-5-17)21-14-9-20-13-4-3-11(8-18)7-12(13)16(14)22/h2-7,9,17,19H,10H2,1H3/b6-2-,17-5?. The van der Waals surface area contributed by atoms with Crippen LogP contribution in [0.2, 0.25) is 0 Å². The molecule has 0 fully saturated rings. The van der Waals surface area contributed by atoms with Gasteiger partial charge in [-0.1, -0.05) is 0 Å². The lowest BCUT2D eigenvalue weighted by Crippen LogP contribution is -2.09. The summed E-state index contributed by atoms with van der Waals surface area (Å²) in [7, 11) is 1.95. The molecule has 2 aromatic heterocycles. The number of nitriles is 1. The van der Waals surface area contributed by atoms with Crippen molar-refractivity contribution in [1.82, 2.24) is 19.9 Å². The molecule has 0 aliphatic heterocycles. The monoisotopic (exact) mass is 290 g/mol. The summed E-state index contributed by atoms with van der Waals surface area (Å²) in [6, 6.07) is 7.62. The minimum absolute atomic E-state index is 0.551. The van der Waals surface area contributed by atoms with Crippen LogP contribution < -0.4 is 5.32 Å². The molecule has 0 bridgehead atoms. The van der Waals surface area contributed by atoms with Crippen molar-refractivity contribution < 1.29 is 0 Å². The van der Waals surface area contributed by atoms with E-state index in [1.807, 2.05) is 23.7 Å². The Labute approximate surface area is 127 Å². The predicted molar refractivity (Wildman–Crippen MR) is 85.5 cm³/mol. The van der Waals surface area contributed by atoms with Gasteiger partial charge in [-0.05, 0) is 30.5 Å². The fourth-order valence-electron chi connectivity index (χ4n) is 2.44. The number of hydrogen-bond acceptors (Lipinski definition) is 5. The van der Waals surface area contributed by atoms with Crippen LogP contribution in [-0.2, 0) is 13.6 Å². The molecule has 0 saturated heterocycles. The van der Waals surface area contributed by atoms with Crippen molar-refractivity contribution in [3.8, 4) is 6.07 Å². The Hall–Kier alpha value is -3.20. The highest BCUT2D eigenvalue weighted by atomic mass is 15.1. The van der Waals surface area contributed by atoms with Gasteiger partial charge in [0.05, 0.1) is 35.4 Å². The zero-order chi connectivity index (χ0) is 15.5. The van der Waals surface area contributed by atoms with Gasteiger partial charge in [0, 0.05) is 18.6 Å². The van der Waals surface area contributed by atoms with E-state index in [-0.39, 0.29) is 0 Å². The molecule has 0 spiro atoms. The number of pyridine rings is 1. The summed E-state index contributed by atoms with van der Waals surface area (Å²) in [6.45, 7) is 0.551. The molecule has 0 atom stereocenters. The van der Waals surface area contributed by atoms with Gasteiger partial charge in [0.1, 0.15) is 11.3 Å². The molecule has 0 amide bonds. The number of aryl methyl sites for hydroxylation is 1. The Bertz CT molecular complexity index is 929. The van der Waals surface area contributed by atoms with Gasteiger partial charge >= 0.3 is 0 Å². The van der Waals surface area contributed by atoms with E-state index in [1.165, 1.54) is 6.21 Å². The molecule has 22 heavy (non-hydrogen) atoms. The number of aromatic nitrogens is 3. The van der Waals surface area contributed by atoms with Crippen LogP contribution in [0, 0.1) is 16.7 Å². The summed E-state index contributed by atoms with van der Waals surface area (Å²) in [5, 5.41) is 20.0. The second-order valence-corrected chi connectivity index (χ2v) is 4.83. The Morgan fingerprint density at radius 1 is 1.41 bits per heavy atom. The zero-order valence-corrected chi connectivity index (χ0v) is 12.0. The maximum atomic E-state index is 9.08. The van der Waals surface area contributed by atoms with Crippen LogP contribution in [-0.4, -0.2) is 20.7 Å². The maximum absolute atomic E-state index is 9.08.